The topological polar surface area (TPSA) is 53.6 Å². The Kier molecular flexibility index (Phi) is 6.10. The van der Waals surface area contributed by atoms with Crippen molar-refractivity contribution in [3.05, 3.63) is 35.9 Å². The molecule has 2 aliphatic heterocycles. The summed E-state index contributed by atoms with van der Waals surface area (Å²) >= 11 is 0. The maximum Gasteiger partial charge on any atom is 0.230 e. The number of hydrogen-bond donors (Lipinski definition) is 2. The lowest BCUT2D eigenvalue weighted by Crippen LogP contribution is -2.50. The molecule has 2 heterocycles. The number of nitrogens with one attached hydrogen (secondary N) is 2. The van der Waals surface area contributed by atoms with Gasteiger partial charge in [-0.1, -0.05) is 30.3 Å². The number of benzene rings is 1. The molecule has 1 amide bonds. The Morgan fingerprint density at radius 1 is 1.44 bits per heavy atom. The summed E-state index contributed by atoms with van der Waals surface area (Å²) in [6.07, 6.45) is 1.99. The van der Waals surface area contributed by atoms with Gasteiger partial charge in [-0.15, -0.1) is 0 Å². The molecule has 5 heteroatoms. The van der Waals surface area contributed by atoms with Gasteiger partial charge < -0.3 is 15.4 Å². The lowest BCUT2D eigenvalue weighted by Gasteiger charge is -2.30. The summed E-state index contributed by atoms with van der Waals surface area (Å²) in [5, 5.41) is 6.60. The minimum Gasteiger partial charge on any atom is -0.384 e. The Labute approximate surface area is 151 Å². The second kappa shape index (κ2) is 8.30. The van der Waals surface area contributed by atoms with E-state index < -0.39 is 5.41 Å². The van der Waals surface area contributed by atoms with Crippen LogP contribution in [-0.2, 0) is 16.1 Å². The highest BCUT2D eigenvalue weighted by Crippen LogP contribution is 2.28. The molecule has 3 rings (SSSR count). The Morgan fingerprint density at radius 3 is 2.92 bits per heavy atom. The number of carbonyl (C=O) groups is 1. The minimum absolute atomic E-state index is 0.147. The van der Waals surface area contributed by atoms with E-state index in [4.69, 9.17) is 4.74 Å². The fourth-order valence-electron chi connectivity index (χ4n) is 4.14. The fraction of sp³-hybridized carbons (Fsp3) is 0.650. The Bertz CT molecular complexity index is 557. The highest BCUT2D eigenvalue weighted by Gasteiger charge is 2.42. The van der Waals surface area contributed by atoms with E-state index in [9.17, 15) is 4.79 Å². The molecule has 2 N–H and O–H groups in total. The smallest absolute Gasteiger partial charge is 0.230 e. The average Bonchev–Trinajstić information content (AvgIpc) is 3.26. The zero-order valence-electron chi connectivity index (χ0n) is 15.5. The van der Waals surface area contributed by atoms with E-state index in [-0.39, 0.29) is 11.9 Å². The Balaban J connectivity index is 1.51. The molecule has 5 nitrogen and oxygen atoms in total. The summed E-state index contributed by atoms with van der Waals surface area (Å²) < 4.78 is 5.33. The van der Waals surface area contributed by atoms with Gasteiger partial charge in [0.1, 0.15) is 0 Å². The maximum absolute atomic E-state index is 12.9. The summed E-state index contributed by atoms with van der Waals surface area (Å²) in [6, 6.07) is 10.8. The second-order valence-corrected chi connectivity index (χ2v) is 7.67. The van der Waals surface area contributed by atoms with E-state index in [0.717, 1.165) is 39.0 Å². The van der Waals surface area contributed by atoms with Crippen LogP contribution in [0.1, 0.15) is 25.3 Å². The van der Waals surface area contributed by atoms with E-state index in [1.807, 2.05) is 0 Å². The van der Waals surface area contributed by atoms with E-state index in [1.54, 1.807) is 7.11 Å². The molecule has 2 saturated heterocycles. The van der Waals surface area contributed by atoms with E-state index in [2.05, 4.69) is 52.8 Å². The van der Waals surface area contributed by atoms with Gasteiger partial charge in [0.05, 0.1) is 12.0 Å². The van der Waals surface area contributed by atoms with Crippen molar-refractivity contribution in [2.75, 3.05) is 39.9 Å². The molecular weight excluding hydrogens is 314 g/mol. The van der Waals surface area contributed by atoms with Crippen molar-refractivity contribution in [1.29, 1.82) is 0 Å². The second-order valence-electron chi connectivity index (χ2n) is 7.67. The number of ether oxygens (including phenoxy) is 1. The van der Waals surface area contributed by atoms with Crippen molar-refractivity contribution in [2.45, 2.75) is 32.4 Å². The average molecular weight is 345 g/mol. The van der Waals surface area contributed by atoms with Crippen LogP contribution in [0, 0.1) is 11.3 Å². The van der Waals surface area contributed by atoms with Crippen molar-refractivity contribution >= 4 is 5.91 Å². The van der Waals surface area contributed by atoms with Crippen molar-refractivity contribution in [3.63, 3.8) is 0 Å². The number of hydrogen-bond acceptors (Lipinski definition) is 4. The molecule has 25 heavy (non-hydrogen) atoms. The van der Waals surface area contributed by atoms with Gasteiger partial charge in [0, 0.05) is 32.8 Å². The van der Waals surface area contributed by atoms with E-state index >= 15 is 0 Å². The molecule has 1 aromatic rings. The first-order valence-electron chi connectivity index (χ1n) is 9.40. The normalized spacial score (nSPS) is 28.2. The van der Waals surface area contributed by atoms with Crippen LogP contribution in [0.3, 0.4) is 0 Å². The summed E-state index contributed by atoms with van der Waals surface area (Å²) in [7, 11) is 1.68. The van der Waals surface area contributed by atoms with Gasteiger partial charge >= 0.3 is 0 Å². The van der Waals surface area contributed by atoms with Crippen LogP contribution in [0.2, 0.25) is 0 Å². The molecule has 0 aliphatic carbocycles. The lowest BCUT2D eigenvalue weighted by molar-refractivity contribution is -0.133. The van der Waals surface area contributed by atoms with E-state index in [1.165, 1.54) is 5.56 Å². The van der Waals surface area contributed by atoms with Crippen LogP contribution in [-0.4, -0.2) is 56.7 Å². The van der Waals surface area contributed by atoms with Crippen LogP contribution in [0.4, 0.5) is 0 Å². The number of rotatable bonds is 7. The molecule has 0 radical (unpaired) electrons. The molecule has 0 aromatic heterocycles. The van der Waals surface area contributed by atoms with E-state index in [0.29, 0.717) is 19.1 Å². The summed E-state index contributed by atoms with van der Waals surface area (Å²) in [4.78, 5) is 15.3. The third kappa shape index (κ3) is 4.40. The maximum atomic E-state index is 12.9. The quantitative estimate of drug-likeness (QED) is 0.789. The molecule has 3 unspecified atom stereocenters. The number of methoxy groups -OCH3 is 1. The molecule has 0 saturated carbocycles. The lowest BCUT2D eigenvalue weighted by atomic mass is 9.86. The highest BCUT2D eigenvalue weighted by molar-refractivity contribution is 5.83. The van der Waals surface area contributed by atoms with Crippen LogP contribution < -0.4 is 10.6 Å². The van der Waals surface area contributed by atoms with Crippen LogP contribution in [0.25, 0.3) is 0 Å². The zero-order valence-corrected chi connectivity index (χ0v) is 15.5. The van der Waals surface area contributed by atoms with Crippen molar-refractivity contribution in [2.24, 2.45) is 11.3 Å². The summed E-state index contributed by atoms with van der Waals surface area (Å²) in [5.41, 5.74) is 0.960. The molecule has 138 valence electrons. The van der Waals surface area contributed by atoms with Gasteiger partial charge in [0.25, 0.3) is 0 Å². The number of nitrogens with zero attached hydrogens (tertiary/aromatic N) is 1. The minimum atomic E-state index is -0.397. The predicted molar refractivity (Wildman–Crippen MR) is 99.2 cm³/mol. The first kappa shape index (κ1) is 18.4. The third-order valence-corrected chi connectivity index (χ3v) is 5.77. The van der Waals surface area contributed by atoms with Gasteiger partial charge in [0.2, 0.25) is 5.91 Å². The Morgan fingerprint density at radius 2 is 2.24 bits per heavy atom. The van der Waals surface area contributed by atoms with Gasteiger partial charge in [-0.3, -0.25) is 9.69 Å². The van der Waals surface area contributed by atoms with Crippen molar-refractivity contribution in [3.8, 4) is 0 Å². The molecule has 2 aliphatic rings. The molecule has 3 atom stereocenters. The van der Waals surface area contributed by atoms with Crippen LogP contribution in [0.5, 0.6) is 0 Å². The third-order valence-electron chi connectivity index (χ3n) is 5.77. The number of likely N-dealkylation sites (tertiary alicyclic amines) is 1. The molecular formula is C20H31N3O2. The van der Waals surface area contributed by atoms with Crippen molar-refractivity contribution < 1.29 is 9.53 Å². The van der Waals surface area contributed by atoms with Gasteiger partial charge in [-0.25, -0.2) is 0 Å². The number of carbonyl (C=O) groups excluding carboxylic acids is 1. The number of amides is 1. The summed E-state index contributed by atoms with van der Waals surface area (Å²) in [5.74, 6) is 0.662. The predicted octanol–water partition coefficient (Wildman–Crippen LogP) is 1.64. The highest BCUT2D eigenvalue weighted by atomic mass is 16.5. The standard InChI is InChI=1S/C20H31N3O2/c1-16(22-19(24)20(15-25-2)9-10-21-14-20)18-8-11-23(13-18)12-17-6-4-3-5-7-17/h3-7,16,18,21H,8-15H2,1-2H3,(H,22,24). The molecule has 0 bridgehead atoms. The van der Waals surface area contributed by atoms with Crippen LogP contribution >= 0.6 is 0 Å². The first-order valence-corrected chi connectivity index (χ1v) is 9.40. The van der Waals surface area contributed by atoms with Crippen LogP contribution in [0.15, 0.2) is 30.3 Å². The first-order chi connectivity index (χ1) is 12.1. The molecule has 0 spiro atoms. The van der Waals surface area contributed by atoms with Crippen molar-refractivity contribution in [1.82, 2.24) is 15.5 Å². The van der Waals surface area contributed by atoms with Gasteiger partial charge in [0.15, 0.2) is 0 Å². The fourth-order valence-corrected chi connectivity index (χ4v) is 4.14. The zero-order chi connectivity index (χ0) is 17.7. The van der Waals surface area contributed by atoms with Gasteiger partial charge in [-0.05, 0) is 44.3 Å². The van der Waals surface area contributed by atoms with Gasteiger partial charge in [-0.2, -0.15) is 0 Å². The molecule has 2 fully saturated rings. The Hall–Kier alpha value is -1.43. The molecule has 1 aromatic carbocycles. The SMILES string of the molecule is COCC1(C(=O)NC(C)C2CCN(Cc3ccccc3)C2)CCNC1. The largest absolute Gasteiger partial charge is 0.384 e. The monoisotopic (exact) mass is 345 g/mol. The summed E-state index contributed by atoms with van der Waals surface area (Å²) in [6.45, 7) is 7.39.